The van der Waals surface area contributed by atoms with Crippen LogP contribution in [0.2, 0.25) is 0 Å². The summed E-state index contributed by atoms with van der Waals surface area (Å²) in [6.45, 7) is 2.07. The predicted octanol–water partition coefficient (Wildman–Crippen LogP) is 3.27. The van der Waals surface area contributed by atoms with Gasteiger partial charge in [0.25, 0.3) is 0 Å². The number of aliphatic hydroxyl groups is 1. The third-order valence-corrected chi connectivity index (χ3v) is 4.42. The Morgan fingerprint density at radius 3 is 2.69 bits per heavy atom. The minimum atomic E-state index is -0.304. The highest BCUT2D eigenvalue weighted by Crippen LogP contribution is 2.36. The van der Waals surface area contributed by atoms with E-state index in [1.54, 1.807) is 31.4 Å². The van der Waals surface area contributed by atoms with Crippen molar-refractivity contribution >= 4 is 15.9 Å². The predicted molar refractivity (Wildman–Crippen MR) is 101 cm³/mol. The molecule has 0 aliphatic carbocycles. The van der Waals surface area contributed by atoms with Crippen molar-refractivity contribution < 1.29 is 23.7 Å². The van der Waals surface area contributed by atoms with Gasteiger partial charge in [0.1, 0.15) is 12.4 Å². The average Bonchev–Trinajstić information content (AvgIpc) is 2.65. The highest BCUT2D eigenvalue weighted by molar-refractivity contribution is 9.10. The van der Waals surface area contributed by atoms with E-state index in [1.807, 2.05) is 6.07 Å². The molecule has 0 heterocycles. The number of hydrogen-bond acceptors (Lipinski definition) is 5. The zero-order chi connectivity index (χ0) is 18.8. The number of hydrogen-bond donors (Lipinski definition) is 2. The van der Waals surface area contributed by atoms with Crippen LogP contribution in [0, 0.1) is 5.82 Å². The first-order chi connectivity index (χ1) is 12.7. The molecular formula is C19H23BrFNO4. The Morgan fingerprint density at radius 2 is 1.96 bits per heavy atom. The van der Waals surface area contributed by atoms with Crippen LogP contribution in [0.5, 0.6) is 11.5 Å². The maximum absolute atomic E-state index is 13.8. The summed E-state index contributed by atoms with van der Waals surface area (Å²) in [5, 5.41) is 12.0. The van der Waals surface area contributed by atoms with E-state index >= 15 is 0 Å². The molecule has 2 N–H and O–H groups in total. The SMILES string of the molecule is COc1ccc(Br)c(CNCCOCCO)c1OCc1ccccc1F. The Kier molecular flexibility index (Phi) is 8.84. The van der Waals surface area contributed by atoms with Crippen LogP contribution in [0.1, 0.15) is 11.1 Å². The fourth-order valence-electron chi connectivity index (χ4n) is 2.36. The lowest BCUT2D eigenvalue weighted by molar-refractivity contribution is 0.0937. The van der Waals surface area contributed by atoms with Crippen molar-refractivity contribution in [2.45, 2.75) is 13.2 Å². The number of rotatable bonds is 11. The molecular weight excluding hydrogens is 405 g/mol. The lowest BCUT2D eigenvalue weighted by Crippen LogP contribution is -2.21. The highest BCUT2D eigenvalue weighted by Gasteiger charge is 2.15. The Bertz CT molecular complexity index is 699. The molecule has 2 aromatic carbocycles. The van der Waals surface area contributed by atoms with Gasteiger partial charge >= 0.3 is 0 Å². The normalized spacial score (nSPS) is 10.8. The van der Waals surface area contributed by atoms with E-state index in [0.717, 1.165) is 10.0 Å². The summed E-state index contributed by atoms with van der Waals surface area (Å²) in [7, 11) is 1.57. The van der Waals surface area contributed by atoms with Crippen LogP contribution in [0.25, 0.3) is 0 Å². The van der Waals surface area contributed by atoms with Crippen LogP contribution in [0.3, 0.4) is 0 Å². The van der Waals surface area contributed by atoms with Gasteiger partial charge in [-0.25, -0.2) is 4.39 Å². The highest BCUT2D eigenvalue weighted by atomic mass is 79.9. The van der Waals surface area contributed by atoms with Crippen LogP contribution in [-0.4, -0.2) is 38.6 Å². The number of aliphatic hydroxyl groups excluding tert-OH is 1. The molecule has 2 rings (SSSR count). The van der Waals surface area contributed by atoms with Crippen molar-refractivity contribution in [3.05, 3.63) is 57.8 Å². The number of benzene rings is 2. The zero-order valence-electron chi connectivity index (χ0n) is 14.6. The maximum Gasteiger partial charge on any atom is 0.167 e. The number of methoxy groups -OCH3 is 1. The Hall–Kier alpha value is -1.67. The van der Waals surface area contributed by atoms with Crippen molar-refractivity contribution in [2.24, 2.45) is 0 Å². The fraction of sp³-hybridized carbons (Fsp3) is 0.368. The molecule has 26 heavy (non-hydrogen) atoms. The Labute approximate surface area is 161 Å². The summed E-state index contributed by atoms with van der Waals surface area (Å²) in [5.74, 6) is 0.842. The Morgan fingerprint density at radius 1 is 1.15 bits per heavy atom. The second-order valence-corrected chi connectivity index (χ2v) is 6.30. The van der Waals surface area contributed by atoms with Gasteiger partial charge in [0, 0.05) is 28.7 Å². The van der Waals surface area contributed by atoms with Gasteiger partial charge in [-0.05, 0) is 18.2 Å². The molecule has 0 aliphatic rings. The third kappa shape index (κ3) is 5.95. The summed E-state index contributed by atoms with van der Waals surface area (Å²) in [4.78, 5) is 0. The van der Waals surface area contributed by atoms with Gasteiger partial charge in [-0.3, -0.25) is 0 Å². The van der Waals surface area contributed by atoms with Crippen LogP contribution >= 0.6 is 15.9 Å². The molecule has 0 saturated heterocycles. The molecule has 0 bridgehead atoms. The van der Waals surface area contributed by atoms with E-state index in [2.05, 4.69) is 21.2 Å². The summed E-state index contributed by atoms with van der Waals surface area (Å²) < 4.78 is 31.2. The van der Waals surface area contributed by atoms with Gasteiger partial charge in [0.05, 0.1) is 26.9 Å². The van der Waals surface area contributed by atoms with E-state index in [9.17, 15) is 4.39 Å². The van der Waals surface area contributed by atoms with E-state index in [-0.39, 0.29) is 19.0 Å². The van der Waals surface area contributed by atoms with Crippen LogP contribution < -0.4 is 14.8 Å². The molecule has 0 unspecified atom stereocenters. The molecule has 0 radical (unpaired) electrons. The van der Waals surface area contributed by atoms with Crippen molar-refractivity contribution in [3.63, 3.8) is 0 Å². The van der Waals surface area contributed by atoms with E-state index in [0.29, 0.717) is 43.4 Å². The average molecular weight is 428 g/mol. The lowest BCUT2D eigenvalue weighted by Gasteiger charge is -2.17. The minimum absolute atomic E-state index is 0.00939. The van der Waals surface area contributed by atoms with E-state index in [1.165, 1.54) is 6.07 Å². The van der Waals surface area contributed by atoms with Crippen LogP contribution in [0.4, 0.5) is 4.39 Å². The monoisotopic (exact) mass is 427 g/mol. The molecule has 0 aliphatic heterocycles. The fourth-order valence-corrected chi connectivity index (χ4v) is 2.81. The molecule has 7 heteroatoms. The molecule has 142 valence electrons. The largest absolute Gasteiger partial charge is 0.493 e. The minimum Gasteiger partial charge on any atom is -0.493 e. The topological polar surface area (TPSA) is 60.0 Å². The van der Waals surface area contributed by atoms with Crippen molar-refractivity contribution in [2.75, 3.05) is 33.5 Å². The maximum atomic E-state index is 13.8. The van der Waals surface area contributed by atoms with Crippen molar-refractivity contribution in [1.29, 1.82) is 0 Å². The van der Waals surface area contributed by atoms with Crippen molar-refractivity contribution in [1.82, 2.24) is 5.32 Å². The summed E-state index contributed by atoms with van der Waals surface area (Å²) in [6, 6.07) is 10.2. The molecule has 0 spiro atoms. The van der Waals surface area contributed by atoms with Gasteiger partial charge in [-0.2, -0.15) is 0 Å². The molecule has 2 aromatic rings. The third-order valence-electron chi connectivity index (χ3n) is 3.68. The van der Waals surface area contributed by atoms with Gasteiger partial charge < -0.3 is 24.6 Å². The first-order valence-electron chi connectivity index (χ1n) is 8.28. The lowest BCUT2D eigenvalue weighted by atomic mass is 10.1. The van der Waals surface area contributed by atoms with Gasteiger partial charge in [-0.1, -0.05) is 34.1 Å². The van der Waals surface area contributed by atoms with Gasteiger partial charge in [-0.15, -0.1) is 0 Å². The smallest absolute Gasteiger partial charge is 0.167 e. The van der Waals surface area contributed by atoms with Crippen molar-refractivity contribution in [3.8, 4) is 11.5 Å². The Balaban J connectivity index is 2.07. The molecule has 0 saturated carbocycles. The number of nitrogens with one attached hydrogen (secondary N) is 1. The molecule has 5 nitrogen and oxygen atoms in total. The first kappa shape index (κ1) is 20.6. The first-order valence-corrected chi connectivity index (χ1v) is 9.07. The summed E-state index contributed by atoms with van der Waals surface area (Å²) in [6.07, 6.45) is 0. The van der Waals surface area contributed by atoms with E-state index in [4.69, 9.17) is 19.3 Å². The van der Waals surface area contributed by atoms with Gasteiger partial charge in [0.15, 0.2) is 11.5 Å². The standard InChI is InChI=1S/C19H23BrFNO4/c1-24-18-7-6-16(20)15(12-22-8-10-25-11-9-23)19(18)26-13-14-4-2-3-5-17(14)21/h2-7,22-23H,8-13H2,1H3. The van der Waals surface area contributed by atoms with Crippen LogP contribution in [-0.2, 0) is 17.9 Å². The number of halogens is 2. The summed E-state index contributed by atoms with van der Waals surface area (Å²) in [5.41, 5.74) is 1.36. The zero-order valence-corrected chi connectivity index (χ0v) is 16.2. The quantitative estimate of drug-likeness (QED) is 0.538. The molecule has 0 amide bonds. The summed E-state index contributed by atoms with van der Waals surface area (Å²) >= 11 is 3.53. The van der Waals surface area contributed by atoms with Crippen LogP contribution in [0.15, 0.2) is 40.9 Å². The van der Waals surface area contributed by atoms with Gasteiger partial charge in [0.2, 0.25) is 0 Å². The second-order valence-electron chi connectivity index (χ2n) is 5.45. The second kappa shape index (κ2) is 11.1. The molecule has 0 atom stereocenters. The number of ether oxygens (including phenoxy) is 3. The molecule has 0 aromatic heterocycles. The molecule has 0 fully saturated rings. The van der Waals surface area contributed by atoms with E-state index < -0.39 is 0 Å².